The van der Waals surface area contributed by atoms with Gasteiger partial charge in [0.05, 0.1) is 6.54 Å². The van der Waals surface area contributed by atoms with Crippen molar-refractivity contribution in [2.45, 2.75) is 78.1 Å². The predicted molar refractivity (Wildman–Crippen MR) is 75.5 cm³/mol. The van der Waals surface area contributed by atoms with Crippen molar-refractivity contribution in [1.82, 2.24) is 5.32 Å². The van der Waals surface area contributed by atoms with E-state index in [0.29, 0.717) is 6.42 Å². The molecule has 0 spiro atoms. The molecule has 0 fully saturated rings. The molecular weight excluding hydrogens is 226 g/mol. The minimum Gasteiger partial charge on any atom is -0.349 e. The third-order valence-electron chi connectivity index (χ3n) is 3.09. The normalized spacial score (nSPS) is 10.3. The van der Waals surface area contributed by atoms with Gasteiger partial charge in [-0.1, -0.05) is 58.3 Å². The zero-order chi connectivity index (χ0) is 13.6. The maximum atomic E-state index is 11.3. The number of nitrogens with one attached hydrogen (secondary N) is 1. The molecule has 0 atom stereocenters. The van der Waals surface area contributed by atoms with E-state index < -0.39 is 0 Å². The van der Waals surface area contributed by atoms with Crippen molar-refractivity contribution in [2.75, 3.05) is 6.54 Å². The summed E-state index contributed by atoms with van der Waals surface area (Å²) in [5.74, 6) is 0.0172. The molecular formula is C15H29NO2. The topological polar surface area (TPSA) is 46.2 Å². The number of hydrogen-bond donors (Lipinski definition) is 1. The van der Waals surface area contributed by atoms with Gasteiger partial charge in [0, 0.05) is 13.3 Å². The van der Waals surface area contributed by atoms with Gasteiger partial charge in [-0.2, -0.15) is 0 Å². The highest BCUT2D eigenvalue weighted by Gasteiger charge is 2.02. The molecule has 0 unspecified atom stereocenters. The van der Waals surface area contributed by atoms with Crippen LogP contribution in [0.25, 0.3) is 0 Å². The Balaban J connectivity index is 3.15. The molecule has 0 aromatic heterocycles. The summed E-state index contributed by atoms with van der Waals surface area (Å²) in [5, 5.41) is 2.54. The van der Waals surface area contributed by atoms with E-state index in [1.54, 1.807) is 0 Å². The molecule has 106 valence electrons. The first-order chi connectivity index (χ1) is 8.66. The molecule has 18 heavy (non-hydrogen) atoms. The van der Waals surface area contributed by atoms with Gasteiger partial charge >= 0.3 is 0 Å². The van der Waals surface area contributed by atoms with E-state index in [0.717, 1.165) is 12.8 Å². The minimum atomic E-state index is -0.129. The highest BCUT2D eigenvalue weighted by atomic mass is 16.2. The molecule has 3 nitrogen and oxygen atoms in total. The van der Waals surface area contributed by atoms with Gasteiger partial charge in [0.2, 0.25) is 5.91 Å². The van der Waals surface area contributed by atoms with Crippen LogP contribution in [0.3, 0.4) is 0 Å². The lowest BCUT2D eigenvalue weighted by molar-refractivity contribution is -0.123. The van der Waals surface area contributed by atoms with Crippen LogP contribution in [0.15, 0.2) is 0 Å². The molecule has 0 saturated carbocycles. The van der Waals surface area contributed by atoms with E-state index >= 15 is 0 Å². The summed E-state index contributed by atoms with van der Waals surface area (Å²) >= 11 is 0. The van der Waals surface area contributed by atoms with E-state index in [-0.39, 0.29) is 18.2 Å². The van der Waals surface area contributed by atoms with Crippen molar-refractivity contribution in [2.24, 2.45) is 0 Å². The van der Waals surface area contributed by atoms with Gasteiger partial charge in [-0.15, -0.1) is 0 Å². The van der Waals surface area contributed by atoms with E-state index in [9.17, 15) is 9.59 Å². The van der Waals surface area contributed by atoms with Gasteiger partial charge in [-0.3, -0.25) is 9.59 Å². The van der Waals surface area contributed by atoms with Crippen LogP contribution in [0.2, 0.25) is 0 Å². The van der Waals surface area contributed by atoms with Crippen LogP contribution in [-0.4, -0.2) is 18.2 Å². The molecule has 0 rings (SSSR count). The van der Waals surface area contributed by atoms with Crippen molar-refractivity contribution in [3.63, 3.8) is 0 Å². The van der Waals surface area contributed by atoms with Gasteiger partial charge in [0.25, 0.3) is 0 Å². The zero-order valence-electron chi connectivity index (χ0n) is 12.1. The minimum absolute atomic E-state index is 0.129. The lowest BCUT2D eigenvalue weighted by Crippen LogP contribution is -2.26. The van der Waals surface area contributed by atoms with Gasteiger partial charge in [0.1, 0.15) is 0 Å². The molecule has 0 bridgehead atoms. The Labute approximate surface area is 112 Å². The first-order valence-corrected chi connectivity index (χ1v) is 7.43. The van der Waals surface area contributed by atoms with Crippen LogP contribution in [0.1, 0.15) is 78.1 Å². The van der Waals surface area contributed by atoms with Crippen LogP contribution >= 0.6 is 0 Å². The number of ketones is 1. The Hall–Kier alpha value is -0.860. The summed E-state index contributed by atoms with van der Waals surface area (Å²) < 4.78 is 0. The van der Waals surface area contributed by atoms with Crippen LogP contribution < -0.4 is 5.32 Å². The standard InChI is InChI=1S/C15H29NO2/c1-3-4-5-6-7-8-9-10-11-12-15(18)13-16-14(2)17/h3-13H2,1-2H3,(H,16,17). The largest absolute Gasteiger partial charge is 0.349 e. The molecule has 1 amide bonds. The van der Waals surface area contributed by atoms with Crippen LogP contribution in [0, 0.1) is 0 Å². The number of amides is 1. The molecule has 1 N–H and O–H groups in total. The fraction of sp³-hybridized carbons (Fsp3) is 0.867. The number of Topliss-reactive ketones (excluding diaryl/α,β-unsaturated/α-hetero) is 1. The second kappa shape index (κ2) is 12.6. The number of rotatable bonds is 12. The zero-order valence-corrected chi connectivity index (χ0v) is 12.1. The maximum absolute atomic E-state index is 11.3. The fourth-order valence-corrected chi connectivity index (χ4v) is 1.94. The molecule has 0 aliphatic carbocycles. The SMILES string of the molecule is CCCCCCCCCCCC(=O)CNC(C)=O. The Morgan fingerprint density at radius 2 is 1.33 bits per heavy atom. The van der Waals surface area contributed by atoms with Gasteiger partial charge in [0.15, 0.2) is 5.78 Å². The van der Waals surface area contributed by atoms with Gasteiger partial charge in [-0.25, -0.2) is 0 Å². The second-order valence-electron chi connectivity index (χ2n) is 5.03. The first-order valence-electron chi connectivity index (χ1n) is 7.43. The second-order valence-corrected chi connectivity index (χ2v) is 5.03. The Morgan fingerprint density at radius 3 is 1.83 bits per heavy atom. The predicted octanol–water partition coefficient (Wildman–Crippen LogP) is 3.61. The molecule has 0 aliphatic heterocycles. The Kier molecular flexibility index (Phi) is 12.0. The smallest absolute Gasteiger partial charge is 0.217 e. The average Bonchev–Trinajstić information content (AvgIpc) is 2.34. The number of unbranched alkanes of at least 4 members (excludes halogenated alkanes) is 8. The summed E-state index contributed by atoms with van der Waals surface area (Å²) in [7, 11) is 0. The lowest BCUT2D eigenvalue weighted by Gasteiger charge is -2.03. The highest BCUT2D eigenvalue weighted by molar-refractivity contribution is 5.85. The summed E-state index contributed by atoms with van der Waals surface area (Å²) in [6.45, 7) is 3.87. The number of hydrogen-bond acceptors (Lipinski definition) is 2. The summed E-state index contributed by atoms with van der Waals surface area (Å²) in [4.78, 5) is 21.9. The number of carbonyl (C=O) groups is 2. The maximum Gasteiger partial charge on any atom is 0.217 e. The Morgan fingerprint density at radius 1 is 0.833 bits per heavy atom. The van der Waals surface area contributed by atoms with Crippen molar-refractivity contribution in [3.05, 3.63) is 0 Å². The van der Waals surface area contributed by atoms with Crippen molar-refractivity contribution < 1.29 is 9.59 Å². The average molecular weight is 255 g/mol. The first kappa shape index (κ1) is 17.1. The molecule has 0 saturated heterocycles. The van der Waals surface area contributed by atoms with Crippen LogP contribution in [0.4, 0.5) is 0 Å². The quantitative estimate of drug-likeness (QED) is 0.541. The van der Waals surface area contributed by atoms with Gasteiger partial charge < -0.3 is 5.32 Å². The van der Waals surface area contributed by atoms with Crippen molar-refractivity contribution >= 4 is 11.7 Å². The van der Waals surface area contributed by atoms with Gasteiger partial charge in [-0.05, 0) is 6.42 Å². The molecule has 0 aliphatic rings. The van der Waals surface area contributed by atoms with E-state index in [1.807, 2.05) is 0 Å². The molecule has 0 heterocycles. The number of carbonyl (C=O) groups excluding carboxylic acids is 2. The van der Waals surface area contributed by atoms with E-state index in [2.05, 4.69) is 12.2 Å². The molecule has 0 radical (unpaired) electrons. The van der Waals surface area contributed by atoms with Crippen molar-refractivity contribution in [1.29, 1.82) is 0 Å². The highest BCUT2D eigenvalue weighted by Crippen LogP contribution is 2.10. The van der Waals surface area contributed by atoms with E-state index in [1.165, 1.54) is 51.9 Å². The lowest BCUT2D eigenvalue weighted by atomic mass is 10.1. The van der Waals surface area contributed by atoms with E-state index in [4.69, 9.17) is 0 Å². The molecule has 3 heteroatoms. The Bertz CT molecular complexity index is 227. The van der Waals surface area contributed by atoms with Crippen molar-refractivity contribution in [3.8, 4) is 0 Å². The summed E-state index contributed by atoms with van der Waals surface area (Å²) in [5.41, 5.74) is 0. The van der Waals surface area contributed by atoms with Crippen LogP contribution in [-0.2, 0) is 9.59 Å². The summed E-state index contributed by atoms with van der Waals surface area (Å²) in [6.07, 6.45) is 12.0. The molecule has 0 aromatic rings. The summed E-state index contributed by atoms with van der Waals surface area (Å²) in [6, 6.07) is 0. The van der Waals surface area contributed by atoms with Crippen LogP contribution in [0.5, 0.6) is 0 Å². The monoisotopic (exact) mass is 255 g/mol. The molecule has 0 aromatic carbocycles. The fourth-order valence-electron chi connectivity index (χ4n) is 1.94. The third-order valence-corrected chi connectivity index (χ3v) is 3.09. The third kappa shape index (κ3) is 13.2.